The van der Waals surface area contributed by atoms with Gasteiger partial charge < -0.3 is 15.2 Å². The first-order valence-electron chi connectivity index (χ1n) is 6.36. The lowest BCUT2D eigenvalue weighted by atomic mass is 10.1. The van der Waals surface area contributed by atoms with Crippen molar-refractivity contribution in [3.63, 3.8) is 0 Å². The van der Waals surface area contributed by atoms with Crippen LogP contribution in [0.15, 0.2) is 36.4 Å². The van der Waals surface area contributed by atoms with E-state index in [0.717, 1.165) is 5.56 Å². The summed E-state index contributed by atoms with van der Waals surface area (Å²) in [6.45, 7) is 0.313. The molecule has 2 aromatic rings. The van der Waals surface area contributed by atoms with Gasteiger partial charge in [-0.2, -0.15) is 5.26 Å². The number of hydrogen-bond acceptors (Lipinski definition) is 4. The molecule has 2 aromatic carbocycles. The second kappa shape index (κ2) is 6.73. The largest absolute Gasteiger partial charge is 0.497 e. The van der Waals surface area contributed by atoms with Crippen LogP contribution in [0.1, 0.15) is 16.7 Å². The van der Waals surface area contributed by atoms with Crippen molar-refractivity contribution >= 4 is 0 Å². The Morgan fingerprint density at radius 2 is 2.00 bits per heavy atom. The van der Waals surface area contributed by atoms with Crippen molar-refractivity contribution in [1.29, 1.82) is 5.26 Å². The zero-order chi connectivity index (χ0) is 15.2. The van der Waals surface area contributed by atoms with Gasteiger partial charge in [0.15, 0.2) is 0 Å². The van der Waals surface area contributed by atoms with Crippen LogP contribution in [0, 0.1) is 17.1 Å². The predicted octanol–water partition coefficient (Wildman–Crippen LogP) is 2.74. The van der Waals surface area contributed by atoms with Gasteiger partial charge in [-0.3, -0.25) is 0 Å². The van der Waals surface area contributed by atoms with E-state index in [-0.39, 0.29) is 13.2 Å². The van der Waals surface area contributed by atoms with Gasteiger partial charge in [-0.15, -0.1) is 0 Å². The highest BCUT2D eigenvalue weighted by molar-refractivity contribution is 5.40. The molecule has 0 bridgehead atoms. The summed E-state index contributed by atoms with van der Waals surface area (Å²) in [5, 5.41) is 8.83. The quantitative estimate of drug-likeness (QED) is 0.917. The van der Waals surface area contributed by atoms with Crippen molar-refractivity contribution in [2.75, 3.05) is 7.11 Å². The predicted molar refractivity (Wildman–Crippen MR) is 76.3 cm³/mol. The maximum Gasteiger partial charge on any atom is 0.129 e. The Kier molecular flexibility index (Phi) is 4.75. The van der Waals surface area contributed by atoms with E-state index < -0.39 is 5.82 Å². The molecule has 0 aliphatic rings. The molecule has 0 unspecified atom stereocenters. The van der Waals surface area contributed by atoms with Gasteiger partial charge in [-0.1, -0.05) is 0 Å². The van der Waals surface area contributed by atoms with Crippen molar-refractivity contribution in [3.8, 4) is 17.6 Å². The molecule has 0 saturated heterocycles. The minimum absolute atomic E-state index is 0.0285. The molecule has 4 nitrogen and oxygen atoms in total. The van der Waals surface area contributed by atoms with Gasteiger partial charge in [-0.25, -0.2) is 4.39 Å². The van der Waals surface area contributed by atoms with Crippen LogP contribution in [0.25, 0.3) is 0 Å². The van der Waals surface area contributed by atoms with Crippen molar-refractivity contribution in [3.05, 3.63) is 58.9 Å². The fourth-order valence-corrected chi connectivity index (χ4v) is 1.89. The smallest absolute Gasteiger partial charge is 0.129 e. The molecular formula is C16H15FN2O2. The van der Waals surface area contributed by atoms with Gasteiger partial charge in [-0.05, 0) is 36.4 Å². The van der Waals surface area contributed by atoms with Gasteiger partial charge in [0.05, 0.1) is 18.7 Å². The summed E-state index contributed by atoms with van der Waals surface area (Å²) in [4.78, 5) is 0. The Hall–Kier alpha value is -2.58. The first-order valence-corrected chi connectivity index (χ1v) is 6.36. The summed E-state index contributed by atoms with van der Waals surface area (Å²) < 4.78 is 24.4. The van der Waals surface area contributed by atoms with Gasteiger partial charge in [0, 0.05) is 17.7 Å². The van der Waals surface area contributed by atoms with E-state index >= 15 is 0 Å². The third kappa shape index (κ3) is 3.50. The lowest BCUT2D eigenvalue weighted by Crippen LogP contribution is -2.04. The second-order valence-corrected chi connectivity index (χ2v) is 4.38. The molecule has 0 atom stereocenters. The van der Waals surface area contributed by atoms with E-state index in [2.05, 4.69) is 0 Å². The number of nitrogens with zero attached hydrogens (tertiary/aromatic N) is 1. The average molecular weight is 286 g/mol. The van der Waals surface area contributed by atoms with Gasteiger partial charge >= 0.3 is 0 Å². The van der Waals surface area contributed by atoms with Crippen LogP contribution in [-0.2, 0) is 13.2 Å². The summed E-state index contributed by atoms with van der Waals surface area (Å²) in [5.74, 6) is 0.845. The molecule has 108 valence electrons. The topological polar surface area (TPSA) is 68.3 Å². The highest BCUT2D eigenvalue weighted by Gasteiger charge is 2.08. The highest BCUT2D eigenvalue weighted by Crippen LogP contribution is 2.25. The molecule has 0 spiro atoms. The monoisotopic (exact) mass is 286 g/mol. The van der Waals surface area contributed by atoms with Crippen molar-refractivity contribution < 1.29 is 13.9 Å². The molecule has 0 radical (unpaired) electrons. The third-order valence-corrected chi connectivity index (χ3v) is 3.05. The van der Waals surface area contributed by atoms with Crippen molar-refractivity contribution in [1.82, 2.24) is 0 Å². The molecule has 2 rings (SSSR count). The zero-order valence-electron chi connectivity index (χ0n) is 11.6. The summed E-state index contributed by atoms with van der Waals surface area (Å²) in [6, 6.07) is 11.4. The number of halogens is 1. The number of rotatable bonds is 5. The number of ether oxygens (including phenoxy) is 2. The van der Waals surface area contributed by atoms with Crippen molar-refractivity contribution in [2.24, 2.45) is 5.73 Å². The van der Waals surface area contributed by atoms with Gasteiger partial charge in [0.25, 0.3) is 0 Å². The average Bonchev–Trinajstić information content (AvgIpc) is 2.54. The molecule has 0 aliphatic heterocycles. The molecule has 2 N–H and O–H groups in total. The van der Waals surface area contributed by atoms with Crippen molar-refractivity contribution in [2.45, 2.75) is 13.2 Å². The number of hydrogen-bond donors (Lipinski definition) is 1. The van der Waals surface area contributed by atoms with E-state index in [1.807, 2.05) is 6.07 Å². The minimum atomic E-state index is -0.406. The van der Waals surface area contributed by atoms with E-state index in [4.69, 9.17) is 20.5 Å². The fourth-order valence-electron chi connectivity index (χ4n) is 1.89. The SMILES string of the molecule is COc1ccc(OCc2cc(C#N)ccc2F)c(CN)c1. The van der Waals surface area contributed by atoms with Crippen LogP contribution in [0.4, 0.5) is 4.39 Å². The zero-order valence-corrected chi connectivity index (χ0v) is 11.6. The molecule has 0 aromatic heterocycles. The molecular weight excluding hydrogens is 271 g/mol. The summed E-state index contributed by atoms with van der Waals surface area (Å²) in [6.07, 6.45) is 0. The Morgan fingerprint density at radius 3 is 2.67 bits per heavy atom. The first-order chi connectivity index (χ1) is 10.2. The van der Waals surface area contributed by atoms with Crippen LogP contribution in [0.5, 0.6) is 11.5 Å². The molecule has 0 amide bonds. The van der Waals surface area contributed by atoms with Crippen LogP contribution in [0.3, 0.4) is 0 Å². The van der Waals surface area contributed by atoms with E-state index in [1.54, 1.807) is 25.3 Å². The highest BCUT2D eigenvalue weighted by atomic mass is 19.1. The van der Waals surface area contributed by atoms with E-state index in [9.17, 15) is 4.39 Å². The molecule has 0 heterocycles. The molecule has 0 aliphatic carbocycles. The standard InChI is InChI=1S/C16H15FN2O2/c1-20-14-3-5-16(12(7-14)9-19)21-10-13-6-11(8-18)2-4-15(13)17/h2-7H,9-10,19H2,1H3. The Balaban J connectivity index is 2.18. The second-order valence-electron chi connectivity index (χ2n) is 4.38. The van der Waals surface area contributed by atoms with Crippen LogP contribution < -0.4 is 15.2 Å². The minimum Gasteiger partial charge on any atom is -0.497 e. The lowest BCUT2D eigenvalue weighted by molar-refractivity contribution is 0.296. The maximum atomic E-state index is 13.7. The lowest BCUT2D eigenvalue weighted by Gasteiger charge is -2.12. The molecule has 5 heteroatoms. The number of methoxy groups -OCH3 is 1. The number of nitrogens with two attached hydrogens (primary N) is 1. The maximum absolute atomic E-state index is 13.7. The molecule has 0 saturated carbocycles. The number of benzene rings is 2. The van der Waals surface area contributed by atoms with Gasteiger partial charge in [0.1, 0.15) is 23.9 Å². The molecule has 0 fully saturated rings. The van der Waals surface area contributed by atoms with Gasteiger partial charge in [0.2, 0.25) is 0 Å². The normalized spacial score (nSPS) is 10.0. The summed E-state index contributed by atoms with van der Waals surface area (Å²) in [5.41, 5.74) is 7.15. The van der Waals surface area contributed by atoms with Crippen LogP contribution in [-0.4, -0.2) is 7.11 Å². The summed E-state index contributed by atoms with van der Waals surface area (Å²) in [7, 11) is 1.57. The Morgan fingerprint density at radius 1 is 1.19 bits per heavy atom. The third-order valence-electron chi connectivity index (χ3n) is 3.05. The Bertz CT molecular complexity index is 680. The van der Waals surface area contributed by atoms with Crippen LogP contribution >= 0.6 is 0 Å². The first kappa shape index (κ1) is 14.8. The fraction of sp³-hybridized carbons (Fsp3) is 0.188. The van der Waals surface area contributed by atoms with Crippen LogP contribution in [0.2, 0.25) is 0 Å². The van der Waals surface area contributed by atoms with E-state index in [1.165, 1.54) is 18.2 Å². The Labute approximate surface area is 122 Å². The van der Waals surface area contributed by atoms with E-state index in [0.29, 0.717) is 22.6 Å². The molecule has 21 heavy (non-hydrogen) atoms. The summed E-state index contributed by atoms with van der Waals surface area (Å²) >= 11 is 0. The number of nitriles is 1.